The van der Waals surface area contributed by atoms with Crippen LogP contribution in [0.25, 0.3) is 5.70 Å². The number of ether oxygens (including phenoxy) is 1. The van der Waals surface area contributed by atoms with Gasteiger partial charge in [-0.05, 0) is 43.7 Å². The Labute approximate surface area is 122 Å². The van der Waals surface area contributed by atoms with Gasteiger partial charge < -0.3 is 9.84 Å². The van der Waals surface area contributed by atoms with Crippen LogP contribution < -0.4 is 10.3 Å². The highest BCUT2D eigenvalue weighted by molar-refractivity contribution is 5.74. The molecule has 4 nitrogen and oxygen atoms in total. The van der Waals surface area contributed by atoms with Crippen molar-refractivity contribution < 1.29 is 9.84 Å². The average molecular weight is 283 g/mol. The molecule has 0 saturated heterocycles. The van der Waals surface area contributed by atoms with E-state index in [9.17, 15) is 9.90 Å². The molecule has 0 bridgehead atoms. The van der Waals surface area contributed by atoms with Gasteiger partial charge in [-0.25, -0.2) is 0 Å². The fourth-order valence-electron chi connectivity index (χ4n) is 2.51. The summed E-state index contributed by atoms with van der Waals surface area (Å²) in [6.45, 7) is 3.85. The second-order valence-electron chi connectivity index (χ2n) is 5.63. The third kappa shape index (κ3) is 2.50. The van der Waals surface area contributed by atoms with Crippen molar-refractivity contribution in [2.24, 2.45) is 0 Å². The van der Waals surface area contributed by atoms with Crippen molar-refractivity contribution in [2.75, 3.05) is 0 Å². The van der Waals surface area contributed by atoms with Crippen LogP contribution in [-0.4, -0.2) is 15.3 Å². The zero-order valence-corrected chi connectivity index (χ0v) is 12.0. The fourth-order valence-corrected chi connectivity index (χ4v) is 2.51. The predicted octanol–water partition coefficient (Wildman–Crippen LogP) is 2.40. The van der Waals surface area contributed by atoms with E-state index in [1.165, 1.54) is 6.07 Å². The molecule has 1 aliphatic heterocycles. The summed E-state index contributed by atoms with van der Waals surface area (Å²) in [5.74, 6) is 0.713. The van der Waals surface area contributed by atoms with Crippen molar-refractivity contribution in [3.63, 3.8) is 0 Å². The van der Waals surface area contributed by atoms with Crippen molar-refractivity contribution in [3.8, 4) is 5.75 Å². The number of hydrogen-bond donors (Lipinski definition) is 1. The molecular weight excluding hydrogens is 266 g/mol. The molecule has 4 heteroatoms. The first kappa shape index (κ1) is 13.6. The monoisotopic (exact) mass is 283 g/mol. The predicted molar refractivity (Wildman–Crippen MR) is 81.1 cm³/mol. The van der Waals surface area contributed by atoms with Gasteiger partial charge in [0.05, 0.1) is 12.3 Å². The van der Waals surface area contributed by atoms with Crippen molar-refractivity contribution in [1.29, 1.82) is 0 Å². The summed E-state index contributed by atoms with van der Waals surface area (Å²) >= 11 is 0. The number of aromatic nitrogens is 1. The van der Waals surface area contributed by atoms with Crippen LogP contribution in [0, 0.1) is 0 Å². The van der Waals surface area contributed by atoms with E-state index in [4.69, 9.17) is 4.74 Å². The van der Waals surface area contributed by atoms with Crippen LogP contribution in [0.3, 0.4) is 0 Å². The van der Waals surface area contributed by atoms with Gasteiger partial charge in [0.15, 0.2) is 0 Å². The van der Waals surface area contributed by atoms with Crippen molar-refractivity contribution in [2.45, 2.75) is 26.1 Å². The summed E-state index contributed by atoms with van der Waals surface area (Å²) in [5, 5.41) is 9.32. The second kappa shape index (κ2) is 4.90. The molecule has 0 radical (unpaired) electrons. The molecule has 0 aliphatic carbocycles. The van der Waals surface area contributed by atoms with Crippen LogP contribution >= 0.6 is 0 Å². The van der Waals surface area contributed by atoms with Gasteiger partial charge in [-0.3, -0.25) is 9.36 Å². The Hall–Kier alpha value is -2.33. The summed E-state index contributed by atoms with van der Waals surface area (Å²) in [6, 6.07) is 10.6. The molecule has 0 unspecified atom stereocenters. The van der Waals surface area contributed by atoms with E-state index < -0.39 is 5.60 Å². The van der Waals surface area contributed by atoms with Gasteiger partial charge >= 0.3 is 0 Å². The lowest BCUT2D eigenvalue weighted by molar-refractivity contribution is 0.157. The summed E-state index contributed by atoms with van der Waals surface area (Å²) in [7, 11) is 0. The number of rotatable bonds is 2. The Morgan fingerprint density at radius 1 is 1.24 bits per heavy atom. The quantitative estimate of drug-likeness (QED) is 0.920. The molecule has 0 amide bonds. The molecule has 1 aromatic heterocycles. The average Bonchev–Trinajstić information content (AvgIpc) is 2.46. The first-order valence-electron chi connectivity index (χ1n) is 6.84. The molecule has 1 N–H and O–H groups in total. The zero-order chi connectivity index (χ0) is 15.0. The van der Waals surface area contributed by atoms with Gasteiger partial charge in [0.1, 0.15) is 11.4 Å². The molecule has 0 saturated carbocycles. The number of nitrogens with zero attached hydrogens (tertiary/aromatic N) is 1. The maximum atomic E-state index is 12.1. The van der Waals surface area contributed by atoms with Crippen LogP contribution in [0.15, 0.2) is 53.5 Å². The van der Waals surface area contributed by atoms with Gasteiger partial charge in [0, 0.05) is 17.8 Å². The summed E-state index contributed by atoms with van der Waals surface area (Å²) < 4.78 is 7.54. The molecule has 21 heavy (non-hydrogen) atoms. The third-order valence-corrected chi connectivity index (χ3v) is 3.44. The molecular formula is C17H17NO3. The minimum absolute atomic E-state index is 0.0480. The number of benzene rings is 1. The van der Waals surface area contributed by atoms with E-state index in [-0.39, 0.29) is 12.2 Å². The Bertz CT molecular complexity index is 772. The number of fused-ring (bicyclic) bond motifs is 1. The summed E-state index contributed by atoms with van der Waals surface area (Å²) in [4.78, 5) is 12.1. The molecule has 1 aliphatic rings. The van der Waals surface area contributed by atoms with Crippen LogP contribution in [-0.2, 0) is 6.61 Å². The Kier molecular flexibility index (Phi) is 3.18. The highest BCUT2D eigenvalue weighted by Gasteiger charge is 2.27. The first-order chi connectivity index (χ1) is 10.00. The molecule has 0 atom stereocenters. The minimum atomic E-state index is -0.502. The highest BCUT2D eigenvalue weighted by Crippen LogP contribution is 2.36. The number of aliphatic hydroxyl groups is 1. The standard InChI is InChI=1S/C17H17NO3/c1-17(2)10-14(18-8-4-3-5-16(18)20)13-9-12(11-19)6-7-15(13)21-17/h3-10,19H,11H2,1-2H3. The van der Waals surface area contributed by atoms with Crippen molar-refractivity contribution in [1.82, 2.24) is 4.57 Å². The lowest BCUT2D eigenvalue weighted by atomic mass is 9.97. The van der Waals surface area contributed by atoms with Gasteiger partial charge in [0.25, 0.3) is 5.56 Å². The van der Waals surface area contributed by atoms with Crippen LogP contribution in [0.4, 0.5) is 0 Å². The van der Waals surface area contributed by atoms with Crippen LogP contribution in [0.2, 0.25) is 0 Å². The molecule has 1 aromatic carbocycles. The van der Waals surface area contributed by atoms with E-state index in [1.807, 2.05) is 44.2 Å². The number of hydrogen-bond acceptors (Lipinski definition) is 3. The first-order valence-corrected chi connectivity index (χ1v) is 6.84. The van der Waals surface area contributed by atoms with Gasteiger partial charge in [-0.2, -0.15) is 0 Å². The van der Waals surface area contributed by atoms with Gasteiger partial charge in [-0.15, -0.1) is 0 Å². The fraction of sp³-hybridized carbons (Fsp3) is 0.235. The Morgan fingerprint density at radius 3 is 2.76 bits per heavy atom. The normalized spacial score (nSPS) is 15.9. The lowest BCUT2D eigenvalue weighted by Gasteiger charge is -2.31. The summed E-state index contributed by atoms with van der Waals surface area (Å²) in [5.41, 5.74) is 1.78. The van der Waals surface area contributed by atoms with E-state index >= 15 is 0 Å². The number of pyridine rings is 1. The van der Waals surface area contributed by atoms with Crippen molar-refractivity contribution >= 4 is 5.70 Å². The Morgan fingerprint density at radius 2 is 2.05 bits per heavy atom. The lowest BCUT2D eigenvalue weighted by Crippen LogP contribution is -2.32. The zero-order valence-electron chi connectivity index (χ0n) is 12.0. The maximum absolute atomic E-state index is 12.1. The smallest absolute Gasteiger partial charge is 0.255 e. The third-order valence-electron chi connectivity index (χ3n) is 3.44. The van der Waals surface area contributed by atoms with Crippen LogP contribution in [0.5, 0.6) is 5.75 Å². The van der Waals surface area contributed by atoms with Gasteiger partial charge in [-0.1, -0.05) is 12.1 Å². The Balaban J connectivity index is 2.25. The highest BCUT2D eigenvalue weighted by atomic mass is 16.5. The van der Waals surface area contributed by atoms with E-state index in [1.54, 1.807) is 16.8 Å². The molecule has 0 spiro atoms. The van der Waals surface area contributed by atoms with E-state index in [0.717, 1.165) is 16.8 Å². The van der Waals surface area contributed by atoms with Crippen LogP contribution in [0.1, 0.15) is 25.0 Å². The SMILES string of the molecule is CC1(C)C=C(n2ccccc2=O)c2cc(CO)ccc2O1. The molecule has 0 fully saturated rings. The van der Waals surface area contributed by atoms with E-state index in [0.29, 0.717) is 5.75 Å². The second-order valence-corrected chi connectivity index (χ2v) is 5.63. The molecule has 2 aromatic rings. The van der Waals surface area contributed by atoms with Crippen molar-refractivity contribution in [3.05, 3.63) is 70.2 Å². The largest absolute Gasteiger partial charge is 0.483 e. The van der Waals surface area contributed by atoms with Gasteiger partial charge in [0.2, 0.25) is 0 Å². The molecule has 3 rings (SSSR count). The maximum Gasteiger partial charge on any atom is 0.255 e. The molecule has 2 heterocycles. The number of aliphatic hydroxyl groups excluding tert-OH is 1. The topological polar surface area (TPSA) is 51.5 Å². The van der Waals surface area contributed by atoms with E-state index in [2.05, 4.69) is 0 Å². The molecule has 108 valence electrons. The minimum Gasteiger partial charge on any atom is -0.483 e. The summed E-state index contributed by atoms with van der Waals surface area (Å²) in [6.07, 6.45) is 3.67.